The normalized spacial score (nSPS) is 13.7. The number of hydrogen-bond acceptors (Lipinski definition) is 5. The van der Waals surface area contributed by atoms with E-state index in [2.05, 4.69) is 46.9 Å². The fraction of sp³-hybridized carbons (Fsp3) is 0.200. The first-order chi connectivity index (χ1) is 14.7. The molecule has 0 saturated heterocycles. The van der Waals surface area contributed by atoms with Crippen LogP contribution in [0.4, 0.5) is 5.69 Å². The number of nitrogens with one attached hydrogen (secondary N) is 1. The van der Waals surface area contributed by atoms with Gasteiger partial charge in [0.1, 0.15) is 18.2 Å². The zero-order valence-electron chi connectivity index (χ0n) is 17.3. The highest BCUT2D eigenvalue weighted by atomic mass is 32.1. The third kappa shape index (κ3) is 5.05. The first kappa shape index (κ1) is 20.1. The molecule has 0 radical (unpaired) electrons. The molecule has 0 saturated carbocycles. The van der Waals surface area contributed by atoms with E-state index in [9.17, 15) is 0 Å². The Labute approximate surface area is 181 Å². The standard InChI is InChI=1S/C25H25N3OS/c1-3-20-11-7-14-23(24-17-30-18(2)26-24)28-25(20)27-21-12-8-13-22(15-21)29-16-19-9-5-4-6-10-19/h4-10,12-15,17,27H,3,11,16H2,1-2H3. The van der Waals surface area contributed by atoms with Crippen LogP contribution in [0, 0.1) is 6.92 Å². The number of hydrogen-bond donors (Lipinski definition) is 1. The van der Waals surface area contributed by atoms with E-state index in [-0.39, 0.29) is 0 Å². The highest BCUT2D eigenvalue weighted by Crippen LogP contribution is 2.25. The van der Waals surface area contributed by atoms with Gasteiger partial charge in [0.15, 0.2) is 0 Å². The zero-order chi connectivity index (χ0) is 20.8. The van der Waals surface area contributed by atoms with Crippen LogP contribution in [0.15, 0.2) is 88.5 Å². The minimum atomic E-state index is 0.544. The summed E-state index contributed by atoms with van der Waals surface area (Å²) in [5.41, 5.74) is 5.19. The van der Waals surface area contributed by atoms with Crippen molar-refractivity contribution in [2.75, 3.05) is 5.32 Å². The van der Waals surface area contributed by atoms with E-state index in [1.165, 1.54) is 5.57 Å². The molecule has 0 aliphatic carbocycles. The first-order valence-corrected chi connectivity index (χ1v) is 11.0. The molecule has 0 spiro atoms. The van der Waals surface area contributed by atoms with Gasteiger partial charge in [0, 0.05) is 17.1 Å². The number of nitrogens with zero attached hydrogens (tertiary/aromatic N) is 2. The zero-order valence-corrected chi connectivity index (χ0v) is 18.1. The van der Waals surface area contributed by atoms with E-state index in [0.29, 0.717) is 6.61 Å². The molecule has 0 fully saturated rings. The van der Waals surface area contributed by atoms with E-state index in [4.69, 9.17) is 9.73 Å². The second-order valence-corrected chi connectivity index (χ2v) is 8.15. The van der Waals surface area contributed by atoms with Crippen molar-refractivity contribution >= 4 is 22.7 Å². The molecular weight excluding hydrogens is 390 g/mol. The topological polar surface area (TPSA) is 46.5 Å². The van der Waals surface area contributed by atoms with Crippen molar-refractivity contribution in [2.24, 2.45) is 4.99 Å². The molecule has 2 heterocycles. The number of rotatable bonds is 7. The van der Waals surface area contributed by atoms with Gasteiger partial charge >= 0.3 is 0 Å². The summed E-state index contributed by atoms with van der Waals surface area (Å²) in [6, 6.07) is 18.2. The molecule has 5 heteroatoms. The fourth-order valence-electron chi connectivity index (χ4n) is 3.24. The maximum absolute atomic E-state index is 5.98. The van der Waals surface area contributed by atoms with Crippen LogP contribution in [-0.2, 0) is 6.61 Å². The lowest BCUT2D eigenvalue weighted by Crippen LogP contribution is -2.05. The molecule has 1 aromatic heterocycles. The summed E-state index contributed by atoms with van der Waals surface area (Å²) in [5.74, 6) is 1.72. The Kier molecular flexibility index (Phi) is 6.40. The predicted octanol–water partition coefficient (Wildman–Crippen LogP) is 6.51. The van der Waals surface area contributed by atoms with Crippen LogP contribution in [0.3, 0.4) is 0 Å². The SMILES string of the molecule is CCC1=C(Nc2cccc(OCc3ccccc3)c2)N=C(c2csc(C)n2)C=CC1. The van der Waals surface area contributed by atoms with E-state index in [1.54, 1.807) is 11.3 Å². The molecule has 4 nitrogen and oxygen atoms in total. The second kappa shape index (κ2) is 9.55. The second-order valence-electron chi connectivity index (χ2n) is 7.09. The van der Waals surface area contributed by atoms with Gasteiger partial charge in [-0.2, -0.15) is 0 Å². The Morgan fingerprint density at radius 3 is 2.73 bits per heavy atom. The van der Waals surface area contributed by atoms with Gasteiger partial charge in [-0.1, -0.05) is 49.4 Å². The van der Waals surface area contributed by atoms with Crippen molar-refractivity contribution in [3.8, 4) is 5.75 Å². The van der Waals surface area contributed by atoms with Gasteiger partial charge in [0.05, 0.1) is 16.4 Å². The van der Waals surface area contributed by atoms with Crippen molar-refractivity contribution in [2.45, 2.75) is 33.3 Å². The third-order valence-corrected chi connectivity index (χ3v) is 5.63. The number of aryl methyl sites for hydroxylation is 1. The highest BCUT2D eigenvalue weighted by molar-refractivity contribution is 7.09. The van der Waals surface area contributed by atoms with Gasteiger partial charge in [-0.15, -0.1) is 11.3 Å². The maximum Gasteiger partial charge on any atom is 0.130 e. The number of aliphatic imine (C=N–C) groups is 1. The van der Waals surface area contributed by atoms with Gasteiger partial charge in [-0.05, 0) is 49.1 Å². The minimum Gasteiger partial charge on any atom is -0.489 e. The van der Waals surface area contributed by atoms with Crippen LogP contribution < -0.4 is 10.1 Å². The van der Waals surface area contributed by atoms with E-state index >= 15 is 0 Å². The Morgan fingerprint density at radius 2 is 1.97 bits per heavy atom. The average molecular weight is 416 g/mol. The number of allylic oxidation sites excluding steroid dienone is 3. The third-order valence-electron chi connectivity index (χ3n) is 4.86. The van der Waals surface area contributed by atoms with E-state index in [1.807, 2.05) is 49.4 Å². The quantitative estimate of drug-likeness (QED) is 0.478. The Bertz CT molecular complexity index is 1100. The lowest BCUT2D eigenvalue weighted by molar-refractivity contribution is 0.306. The van der Waals surface area contributed by atoms with Crippen molar-refractivity contribution in [1.29, 1.82) is 0 Å². The lowest BCUT2D eigenvalue weighted by atomic mass is 10.1. The van der Waals surface area contributed by atoms with Crippen LogP contribution in [0.2, 0.25) is 0 Å². The minimum absolute atomic E-state index is 0.544. The summed E-state index contributed by atoms with van der Waals surface area (Å²) in [5, 5.41) is 6.62. The molecule has 1 N–H and O–H groups in total. The molecule has 1 aliphatic rings. The summed E-state index contributed by atoms with van der Waals surface area (Å²) in [7, 11) is 0. The largest absolute Gasteiger partial charge is 0.489 e. The molecular formula is C25H25N3OS. The highest BCUT2D eigenvalue weighted by Gasteiger charge is 2.12. The smallest absolute Gasteiger partial charge is 0.130 e. The first-order valence-electron chi connectivity index (χ1n) is 10.1. The molecule has 0 bridgehead atoms. The van der Waals surface area contributed by atoms with Crippen LogP contribution in [0.25, 0.3) is 0 Å². The molecule has 3 aromatic rings. The van der Waals surface area contributed by atoms with Crippen molar-refractivity contribution in [1.82, 2.24) is 4.98 Å². The number of aromatic nitrogens is 1. The van der Waals surface area contributed by atoms with Crippen LogP contribution in [0.1, 0.15) is 36.0 Å². The summed E-state index contributed by atoms with van der Waals surface area (Å²) >= 11 is 1.64. The number of ether oxygens (including phenoxy) is 1. The van der Waals surface area contributed by atoms with Crippen LogP contribution in [-0.4, -0.2) is 10.7 Å². The molecule has 30 heavy (non-hydrogen) atoms. The fourth-order valence-corrected chi connectivity index (χ4v) is 3.85. The van der Waals surface area contributed by atoms with Crippen molar-refractivity contribution in [3.63, 3.8) is 0 Å². The molecule has 1 aliphatic heterocycles. The van der Waals surface area contributed by atoms with E-state index < -0.39 is 0 Å². The predicted molar refractivity (Wildman–Crippen MR) is 125 cm³/mol. The van der Waals surface area contributed by atoms with Gasteiger partial charge < -0.3 is 10.1 Å². The van der Waals surface area contributed by atoms with Gasteiger partial charge in [0.2, 0.25) is 0 Å². The Hall–Kier alpha value is -3.18. The number of anilines is 1. The van der Waals surface area contributed by atoms with Gasteiger partial charge in [-0.3, -0.25) is 0 Å². The van der Waals surface area contributed by atoms with Gasteiger partial charge in [-0.25, -0.2) is 9.98 Å². The summed E-state index contributed by atoms with van der Waals surface area (Å²) < 4.78 is 5.98. The lowest BCUT2D eigenvalue weighted by Gasteiger charge is -2.13. The molecule has 0 amide bonds. The summed E-state index contributed by atoms with van der Waals surface area (Å²) in [6.07, 6.45) is 6.04. The monoisotopic (exact) mass is 415 g/mol. The van der Waals surface area contributed by atoms with E-state index in [0.717, 1.165) is 52.1 Å². The number of benzene rings is 2. The Morgan fingerprint density at radius 1 is 1.10 bits per heavy atom. The summed E-state index contributed by atoms with van der Waals surface area (Å²) in [6.45, 7) is 4.73. The van der Waals surface area contributed by atoms with Gasteiger partial charge in [0.25, 0.3) is 0 Å². The average Bonchev–Trinajstić information content (AvgIpc) is 3.10. The van der Waals surface area contributed by atoms with Crippen LogP contribution in [0.5, 0.6) is 5.75 Å². The molecule has 4 rings (SSSR count). The molecule has 2 aromatic carbocycles. The molecule has 0 atom stereocenters. The molecule has 152 valence electrons. The maximum atomic E-state index is 5.98. The molecule has 0 unspecified atom stereocenters. The summed E-state index contributed by atoms with van der Waals surface area (Å²) in [4.78, 5) is 9.53. The van der Waals surface area contributed by atoms with Crippen molar-refractivity contribution in [3.05, 3.63) is 99.8 Å². The van der Waals surface area contributed by atoms with Crippen molar-refractivity contribution < 1.29 is 4.74 Å². The Balaban J connectivity index is 1.54. The number of thiazole rings is 1. The van der Waals surface area contributed by atoms with Crippen LogP contribution >= 0.6 is 11.3 Å².